The van der Waals surface area contributed by atoms with Gasteiger partial charge in [-0.25, -0.2) is 4.98 Å². The zero-order valence-electron chi connectivity index (χ0n) is 16.8. The Hall–Kier alpha value is -3.12. The molecule has 1 unspecified atom stereocenters. The maximum absolute atomic E-state index is 12.9. The maximum Gasteiger partial charge on any atom is 0.193 e. The molecule has 1 aliphatic rings. The van der Waals surface area contributed by atoms with E-state index in [-0.39, 0.29) is 5.43 Å². The monoisotopic (exact) mass is 388 g/mol. The smallest absolute Gasteiger partial charge is 0.193 e. The Morgan fingerprint density at radius 1 is 1.10 bits per heavy atom. The lowest BCUT2D eigenvalue weighted by Gasteiger charge is -2.37. The van der Waals surface area contributed by atoms with Crippen LogP contribution < -0.4 is 15.6 Å². The lowest BCUT2D eigenvalue weighted by atomic mass is 10.1. The predicted molar refractivity (Wildman–Crippen MR) is 116 cm³/mol. The number of aryl methyl sites for hydroxylation is 1. The van der Waals surface area contributed by atoms with Gasteiger partial charge >= 0.3 is 0 Å². The number of imidazole rings is 1. The van der Waals surface area contributed by atoms with Crippen LogP contribution in [0.15, 0.2) is 58.0 Å². The summed E-state index contributed by atoms with van der Waals surface area (Å²) in [4.78, 5) is 19.8. The first kappa shape index (κ1) is 17.9. The Morgan fingerprint density at radius 2 is 1.90 bits per heavy atom. The number of nitrogens with one attached hydrogen (secondary N) is 1. The molecule has 148 valence electrons. The van der Waals surface area contributed by atoms with Crippen LogP contribution in [0.1, 0.15) is 19.4 Å². The summed E-state index contributed by atoms with van der Waals surface area (Å²) >= 11 is 0. The van der Waals surface area contributed by atoms with Gasteiger partial charge in [0.15, 0.2) is 11.2 Å². The highest BCUT2D eigenvalue weighted by Crippen LogP contribution is 2.26. The number of rotatable bonds is 2. The molecule has 0 radical (unpaired) electrons. The van der Waals surface area contributed by atoms with E-state index in [1.807, 2.05) is 54.0 Å². The minimum absolute atomic E-state index is 0.0485. The average molecular weight is 388 g/mol. The number of hydrogen-bond donors (Lipinski definition) is 1. The van der Waals surface area contributed by atoms with Gasteiger partial charge in [-0.05, 0) is 56.7 Å². The Kier molecular flexibility index (Phi) is 4.17. The van der Waals surface area contributed by atoms with Gasteiger partial charge in [-0.3, -0.25) is 4.79 Å². The fraction of sp³-hybridized carbons (Fsp3) is 0.304. The Balaban J connectivity index is 1.55. The lowest BCUT2D eigenvalue weighted by molar-refractivity contribution is 0.407. The molecule has 3 aromatic heterocycles. The van der Waals surface area contributed by atoms with Crippen LogP contribution in [0, 0.1) is 6.92 Å². The summed E-state index contributed by atoms with van der Waals surface area (Å²) in [5, 5.41) is 4.14. The molecule has 4 heterocycles. The first-order chi connectivity index (χ1) is 14.0. The van der Waals surface area contributed by atoms with Gasteiger partial charge in [0.2, 0.25) is 0 Å². The van der Waals surface area contributed by atoms with E-state index < -0.39 is 0 Å². The molecule has 0 bridgehead atoms. The van der Waals surface area contributed by atoms with Crippen LogP contribution in [0.2, 0.25) is 0 Å². The number of fused-ring (bicyclic) bond motifs is 2. The average Bonchev–Trinajstić information content (AvgIpc) is 3.10. The van der Waals surface area contributed by atoms with Gasteiger partial charge < -0.3 is 19.0 Å². The van der Waals surface area contributed by atoms with Crippen molar-refractivity contribution in [3.05, 3.63) is 64.6 Å². The van der Waals surface area contributed by atoms with E-state index >= 15 is 0 Å². The van der Waals surface area contributed by atoms with E-state index in [2.05, 4.69) is 29.0 Å². The number of aromatic nitrogens is 2. The van der Waals surface area contributed by atoms with Crippen molar-refractivity contribution in [3.8, 4) is 11.5 Å². The molecule has 6 nitrogen and oxygen atoms in total. The van der Waals surface area contributed by atoms with Crippen molar-refractivity contribution in [2.75, 3.05) is 18.0 Å². The van der Waals surface area contributed by atoms with E-state index in [0.717, 1.165) is 30.0 Å². The summed E-state index contributed by atoms with van der Waals surface area (Å²) < 4.78 is 8.00. The van der Waals surface area contributed by atoms with Gasteiger partial charge in [-0.15, -0.1) is 0 Å². The second kappa shape index (κ2) is 6.74. The first-order valence-electron chi connectivity index (χ1n) is 10.0. The molecule has 0 saturated carbocycles. The van der Waals surface area contributed by atoms with E-state index in [9.17, 15) is 4.79 Å². The van der Waals surface area contributed by atoms with Crippen molar-refractivity contribution < 1.29 is 4.42 Å². The van der Waals surface area contributed by atoms with Gasteiger partial charge in [-0.2, -0.15) is 0 Å². The topological polar surface area (TPSA) is 62.8 Å². The minimum atomic E-state index is -0.0485. The van der Waals surface area contributed by atoms with E-state index in [1.54, 1.807) is 6.07 Å². The second-order valence-corrected chi connectivity index (χ2v) is 8.12. The van der Waals surface area contributed by atoms with Gasteiger partial charge in [-0.1, -0.05) is 0 Å². The van der Waals surface area contributed by atoms with Gasteiger partial charge in [0.25, 0.3) is 0 Å². The summed E-state index contributed by atoms with van der Waals surface area (Å²) in [6, 6.07) is 12.3. The predicted octanol–water partition coefficient (Wildman–Crippen LogP) is 3.60. The molecular formula is C23H24N4O2. The summed E-state index contributed by atoms with van der Waals surface area (Å²) in [5.41, 5.74) is 4.22. The highest BCUT2D eigenvalue weighted by molar-refractivity contribution is 5.82. The van der Waals surface area contributed by atoms with E-state index in [1.165, 1.54) is 0 Å². The van der Waals surface area contributed by atoms with Crippen LogP contribution in [0.5, 0.6) is 0 Å². The standard InChI is InChI=1S/C23H24N4O2/c1-14-6-7-26-13-19(25-23(26)8-14)22-10-20(28)18-9-17(4-5-21(18)29-22)27-11-15(2)24-16(3)12-27/h4-10,13,15-16,24H,11-12H2,1-3H3/t15-,16?/m0/s1. The van der Waals surface area contributed by atoms with Crippen molar-refractivity contribution in [2.24, 2.45) is 0 Å². The SMILES string of the molecule is Cc1ccn2cc(-c3cc(=O)c4cc(N5CC(C)N[C@@H](C)C5)ccc4o3)nc2c1. The third kappa shape index (κ3) is 3.29. The molecule has 0 aliphatic carbocycles. The molecule has 1 aromatic carbocycles. The molecule has 6 heteroatoms. The van der Waals surface area contributed by atoms with Crippen LogP contribution in [-0.2, 0) is 0 Å². The van der Waals surface area contributed by atoms with Crippen LogP contribution in [0.4, 0.5) is 5.69 Å². The zero-order chi connectivity index (χ0) is 20.1. The summed E-state index contributed by atoms with van der Waals surface area (Å²) in [6.45, 7) is 8.23. The third-order valence-corrected chi connectivity index (χ3v) is 5.50. The van der Waals surface area contributed by atoms with E-state index in [0.29, 0.717) is 34.5 Å². The molecule has 1 N–H and O–H groups in total. The molecule has 1 aliphatic heterocycles. The highest BCUT2D eigenvalue weighted by atomic mass is 16.3. The third-order valence-electron chi connectivity index (χ3n) is 5.50. The molecule has 4 aromatic rings. The summed E-state index contributed by atoms with van der Waals surface area (Å²) in [6.07, 6.45) is 3.85. The number of piperazine rings is 1. The van der Waals surface area contributed by atoms with Gasteiger partial charge in [0.1, 0.15) is 16.9 Å². The Morgan fingerprint density at radius 3 is 2.69 bits per heavy atom. The number of anilines is 1. The number of hydrogen-bond acceptors (Lipinski definition) is 5. The van der Waals surface area contributed by atoms with Crippen molar-refractivity contribution in [3.63, 3.8) is 0 Å². The summed E-state index contributed by atoms with van der Waals surface area (Å²) in [5.74, 6) is 0.487. The first-order valence-corrected chi connectivity index (χ1v) is 10.0. The Bertz CT molecular complexity index is 1260. The van der Waals surface area contributed by atoms with Crippen LogP contribution in [0.3, 0.4) is 0 Å². The summed E-state index contributed by atoms with van der Waals surface area (Å²) in [7, 11) is 0. The molecule has 0 spiro atoms. The van der Waals surface area contributed by atoms with Crippen molar-refractivity contribution in [2.45, 2.75) is 32.9 Å². The van der Waals surface area contributed by atoms with Gasteiger partial charge in [0, 0.05) is 49.3 Å². The van der Waals surface area contributed by atoms with Crippen molar-refractivity contribution in [1.29, 1.82) is 0 Å². The molecular weight excluding hydrogens is 364 g/mol. The van der Waals surface area contributed by atoms with Crippen LogP contribution >= 0.6 is 0 Å². The quantitative estimate of drug-likeness (QED) is 0.568. The molecule has 0 amide bonds. The lowest BCUT2D eigenvalue weighted by Crippen LogP contribution is -2.54. The van der Waals surface area contributed by atoms with Gasteiger partial charge in [0.05, 0.1) is 5.39 Å². The largest absolute Gasteiger partial charge is 0.454 e. The molecule has 5 rings (SSSR count). The van der Waals surface area contributed by atoms with Crippen molar-refractivity contribution in [1.82, 2.24) is 14.7 Å². The maximum atomic E-state index is 12.9. The van der Waals surface area contributed by atoms with Crippen molar-refractivity contribution >= 4 is 22.3 Å². The fourth-order valence-electron chi connectivity index (χ4n) is 4.21. The molecule has 29 heavy (non-hydrogen) atoms. The Labute approximate surface area is 168 Å². The highest BCUT2D eigenvalue weighted by Gasteiger charge is 2.21. The normalized spacial score (nSPS) is 19.9. The molecule has 2 atom stereocenters. The molecule has 1 saturated heterocycles. The number of nitrogens with zero attached hydrogens (tertiary/aromatic N) is 3. The van der Waals surface area contributed by atoms with Crippen LogP contribution in [-0.4, -0.2) is 34.6 Å². The fourth-order valence-corrected chi connectivity index (χ4v) is 4.21. The van der Waals surface area contributed by atoms with Crippen LogP contribution in [0.25, 0.3) is 28.1 Å². The number of pyridine rings is 1. The minimum Gasteiger partial charge on any atom is -0.454 e. The van der Waals surface area contributed by atoms with E-state index in [4.69, 9.17) is 4.42 Å². The second-order valence-electron chi connectivity index (χ2n) is 8.12. The number of benzene rings is 1. The molecule has 1 fully saturated rings. The zero-order valence-corrected chi connectivity index (χ0v) is 16.8.